The van der Waals surface area contributed by atoms with E-state index in [1.165, 1.54) is 12.3 Å². The first-order chi connectivity index (χ1) is 14.5. The van der Waals surface area contributed by atoms with Crippen LogP contribution in [0.5, 0.6) is 0 Å². The lowest BCUT2D eigenvalue weighted by molar-refractivity contribution is 0.0679. The summed E-state index contributed by atoms with van der Waals surface area (Å²) in [5, 5.41) is 19.7. The predicted octanol–water partition coefficient (Wildman–Crippen LogP) is 0.583. The second-order valence-electron chi connectivity index (χ2n) is 6.70. The number of aromatic carboxylic acids is 1. The molecule has 3 heterocycles. The monoisotopic (exact) mass is 407 g/mol. The molecule has 1 aromatic carbocycles. The molecule has 4 aromatic rings. The third-order valence-electron chi connectivity index (χ3n) is 4.89. The summed E-state index contributed by atoms with van der Waals surface area (Å²) in [5.41, 5.74) is 2.83. The molecule has 12 heteroatoms. The molecule has 0 saturated heterocycles. The topological polar surface area (TPSA) is 168 Å². The molecule has 0 spiro atoms. The fourth-order valence-corrected chi connectivity index (χ4v) is 3.56. The van der Waals surface area contributed by atoms with Crippen LogP contribution < -0.4 is 11.1 Å². The fraction of sp³-hybridized carbons (Fsp3) is 0.167. The van der Waals surface area contributed by atoms with E-state index in [1.54, 1.807) is 6.07 Å². The van der Waals surface area contributed by atoms with Gasteiger partial charge >= 0.3 is 11.7 Å². The molecule has 30 heavy (non-hydrogen) atoms. The molecule has 0 aliphatic heterocycles. The van der Waals surface area contributed by atoms with Crippen molar-refractivity contribution in [1.29, 1.82) is 0 Å². The minimum absolute atomic E-state index is 0.214. The molecule has 12 nitrogen and oxygen atoms in total. The van der Waals surface area contributed by atoms with E-state index in [0.29, 0.717) is 24.2 Å². The Morgan fingerprint density at radius 3 is 2.90 bits per heavy atom. The summed E-state index contributed by atoms with van der Waals surface area (Å²) >= 11 is 0. The maximum atomic E-state index is 12.7. The molecule has 1 aliphatic carbocycles. The third kappa shape index (κ3) is 2.90. The van der Waals surface area contributed by atoms with Crippen LogP contribution >= 0.6 is 0 Å². The van der Waals surface area contributed by atoms with Gasteiger partial charge in [-0.25, -0.2) is 14.6 Å². The van der Waals surface area contributed by atoms with Crippen LogP contribution in [0.1, 0.15) is 44.8 Å². The maximum Gasteiger partial charge on any atom is 0.439 e. The van der Waals surface area contributed by atoms with Crippen LogP contribution in [0.15, 0.2) is 39.8 Å². The molecule has 1 aliphatic rings. The van der Waals surface area contributed by atoms with Crippen LogP contribution in [-0.4, -0.2) is 46.7 Å². The highest BCUT2D eigenvalue weighted by molar-refractivity contribution is 5.93. The van der Waals surface area contributed by atoms with Gasteiger partial charge in [0.25, 0.3) is 5.91 Å². The van der Waals surface area contributed by atoms with Gasteiger partial charge in [-0.1, -0.05) is 17.3 Å². The van der Waals surface area contributed by atoms with Gasteiger partial charge in [-0.3, -0.25) is 14.3 Å². The first-order valence-electron chi connectivity index (χ1n) is 8.95. The van der Waals surface area contributed by atoms with Crippen molar-refractivity contribution in [1.82, 2.24) is 35.0 Å². The Morgan fingerprint density at radius 2 is 2.13 bits per heavy atom. The van der Waals surface area contributed by atoms with Crippen LogP contribution in [0.25, 0.3) is 17.0 Å². The number of fused-ring (bicyclic) bond motifs is 2. The number of aryl methyl sites for hydroxylation is 1. The maximum absolute atomic E-state index is 12.7. The number of benzene rings is 1. The quantitative estimate of drug-likeness (QED) is 0.438. The van der Waals surface area contributed by atoms with E-state index in [0.717, 1.165) is 15.6 Å². The van der Waals surface area contributed by atoms with E-state index in [4.69, 9.17) is 0 Å². The molecule has 1 amide bonds. The predicted molar refractivity (Wildman–Crippen MR) is 98.8 cm³/mol. The summed E-state index contributed by atoms with van der Waals surface area (Å²) in [6, 6.07) is 6.71. The number of H-pyrrole nitrogens is 1. The van der Waals surface area contributed by atoms with Crippen molar-refractivity contribution in [2.24, 2.45) is 0 Å². The molecule has 5 rings (SSSR count). The van der Waals surface area contributed by atoms with Crippen LogP contribution in [-0.2, 0) is 6.42 Å². The highest BCUT2D eigenvalue weighted by Crippen LogP contribution is 2.33. The van der Waals surface area contributed by atoms with Crippen molar-refractivity contribution < 1.29 is 19.2 Å². The number of nitrogens with one attached hydrogen (secondary N) is 2. The number of rotatable bonds is 4. The van der Waals surface area contributed by atoms with Crippen LogP contribution in [0, 0.1) is 0 Å². The average Bonchev–Trinajstić information content (AvgIpc) is 3.46. The van der Waals surface area contributed by atoms with E-state index >= 15 is 0 Å². The van der Waals surface area contributed by atoms with Crippen molar-refractivity contribution in [3.05, 3.63) is 63.8 Å². The number of carbonyl (C=O) groups excluding carboxylic acids is 1. The van der Waals surface area contributed by atoms with Gasteiger partial charge in [-0.2, -0.15) is 14.6 Å². The average molecular weight is 407 g/mol. The summed E-state index contributed by atoms with van der Waals surface area (Å²) in [4.78, 5) is 45.7. The Kier molecular flexibility index (Phi) is 3.91. The van der Waals surface area contributed by atoms with E-state index in [1.807, 2.05) is 12.1 Å². The second kappa shape index (κ2) is 6.62. The zero-order valence-corrected chi connectivity index (χ0v) is 15.2. The molecule has 3 aromatic heterocycles. The van der Waals surface area contributed by atoms with Crippen molar-refractivity contribution in [3.8, 4) is 11.4 Å². The van der Waals surface area contributed by atoms with Gasteiger partial charge in [0.1, 0.15) is 0 Å². The summed E-state index contributed by atoms with van der Waals surface area (Å²) in [6.45, 7) is 0. The van der Waals surface area contributed by atoms with Crippen molar-refractivity contribution >= 4 is 17.5 Å². The smallest absolute Gasteiger partial charge is 0.439 e. The molecule has 0 bridgehead atoms. The van der Waals surface area contributed by atoms with Crippen LogP contribution in [0.2, 0.25) is 0 Å². The van der Waals surface area contributed by atoms with E-state index in [2.05, 4.69) is 35.0 Å². The largest absolute Gasteiger partial charge is 0.475 e. The summed E-state index contributed by atoms with van der Waals surface area (Å²) < 4.78 is 5.59. The molecule has 0 unspecified atom stereocenters. The molecule has 0 fully saturated rings. The Hall–Kier alpha value is -4.35. The standard InChI is InChI=1S/C18H13N7O5/c26-16(14-21-12-5-6-19-25(12)15(22-14)17(27)28)20-11-4-2-8-7-9(1-3-10(8)11)13-23-18(29)30-24-13/h1,3,5-7,11H,2,4H2,(H,20,26)(H,27,28)(H,23,24,29)/t11-/m0/s1. The van der Waals surface area contributed by atoms with Crippen molar-refractivity contribution in [2.75, 3.05) is 0 Å². The lowest BCUT2D eigenvalue weighted by Crippen LogP contribution is -2.30. The number of hydrogen-bond acceptors (Lipinski definition) is 8. The van der Waals surface area contributed by atoms with Crippen molar-refractivity contribution in [2.45, 2.75) is 18.9 Å². The minimum atomic E-state index is -1.32. The SMILES string of the molecule is O=C(N[C@H]1CCc2cc(-c3noc(=O)[nH]3)ccc21)c1nc(C(=O)O)n2nccc2n1. The van der Waals surface area contributed by atoms with Gasteiger partial charge in [0, 0.05) is 11.6 Å². The van der Waals surface area contributed by atoms with E-state index in [-0.39, 0.29) is 17.5 Å². The summed E-state index contributed by atoms with van der Waals surface area (Å²) in [7, 11) is 0. The lowest BCUT2D eigenvalue weighted by atomic mass is 10.0. The number of carbonyl (C=O) groups is 2. The molecular weight excluding hydrogens is 394 g/mol. The zero-order chi connectivity index (χ0) is 20.8. The highest BCUT2D eigenvalue weighted by atomic mass is 16.5. The normalized spacial score (nSPS) is 15.3. The zero-order valence-electron chi connectivity index (χ0n) is 15.2. The number of carboxylic acids is 1. The summed E-state index contributed by atoms with van der Waals surface area (Å²) in [5.74, 6) is -2.84. The van der Waals surface area contributed by atoms with Gasteiger partial charge < -0.3 is 10.4 Å². The van der Waals surface area contributed by atoms with E-state index < -0.39 is 23.5 Å². The number of hydrogen-bond donors (Lipinski definition) is 3. The van der Waals surface area contributed by atoms with E-state index in [9.17, 15) is 19.5 Å². The number of nitrogens with zero attached hydrogens (tertiary/aromatic N) is 5. The van der Waals surface area contributed by atoms with Gasteiger partial charge in [0.15, 0.2) is 11.5 Å². The van der Waals surface area contributed by atoms with Crippen LogP contribution in [0.4, 0.5) is 0 Å². The summed E-state index contributed by atoms with van der Waals surface area (Å²) in [6.07, 6.45) is 2.74. The van der Waals surface area contributed by atoms with Gasteiger partial charge in [0.2, 0.25) is 11.6 Å². The van der Waals surface area contributed by atoms with Gasteiger partial charge in [-0.15, -0.1) is 0 Å². The Morgan fingerprint density at radius 1 is 1.27 bits per heavy atom. The highest BCUT2D eigenvalue weighted by Gasteiger charge is 2.27. The fourth-order valence-electron chi connectivity index (χ4n) is 3.56. The van der Waals surface area contributed by atoms with Crippen LogP contribution in [0.3, 0.4) is 0 Å². The number of amides is 1. The minimum Gasteiger partial charge on any atom is -0.475 e. The Labute approximate surface area is 166 Å². The molecule has 1 atom stereocenters. The van der Waals surface area contributed by atoms with Crippen molar-refractivity contribution in [3.63, 3.8) is 0 Å². The molecular formula is C18H13N7O5. The number of aromatic amines is 1. The Balaban J connectivity index is 1.41. The lowest BCUT2D eigenvalue weighted by Gasteiger charge is -2.14. The number of aromatic nitrogens is 6. The molecule has 0 radical (unpaired) electrons. The molecule has 3 N–H and O–H groups in total. The Bertz CT molecular complexity index is 1370. The number of carboxylic acid groups (broad SMARTS) is 1. The molecule has 0 saturated carbocycles. The second-order valence-corrected chi connectivity index (χ2v) is 6.70. The first kappa shape index (κ1) is 17.7. The first-order valence-corrected chi connectivity index (χ1v) is 8.95. The molecule has 150 valence electrons. The van der Waals surface area contributed by atoms with Gasteiger partial charge in [-0.05, 0) is 30.0 Å². The third-order valence-corrected chi connectivity index (χ3v) is 4.89. The van der Waals surface area contributed by atoms with Gasteiger partial charge in [0.05, 0.1) is 12.2 Å².